The largest absolute Gasteiger partial charge is 0.435 e. The van der Waals surface area contributed by atoms with Crippen LogP contribution in [0.15, 0.2) is 33.5 Å². The van der Waals surface area contributed by atoms with E-state index < -0.39 is 77.7 Å². The number of rotatable bonds is 7. The summed E-state index contributed by atoms with van der Waals surface area (Å²) in [5, 5.41) is 9.29. The molecule has 1 aromatic carbocycles. The van der Waals surface area contributed by atoms with Gasteiger partial charge in [0.1, 0.15) is 6.10 Å². The second-order valence-corrected chi connectivity index (χ2v) is 19.8. The summed E-state index contributed by atoms with van der Waals surface area (Å²) in [5.74, 6) is -4.92. The molecule has 16 heteroatoms. The zero-order valence-electron chi connectivity index (χ0n) is 26.6. The highest BCUT2D eigenvalue weighted by Gasteiger charge is 2.41. The van der Waals surface area contributed by atoms with Crippen LogP contribution in [0.25, 0.3) is 0 Å². The lowest BCUT2D eigenvalue weighted by molar-refractivity contribution is -0.142. The number of nitrogens with zero attached hydrogens (tertiary/aromatic N) is 4. The number of halogens is 5. The van der Waals surface area contributed by atoms with Crippen LogP contribution in [0, 0.1) is 6.92 Å². The summed E-state index contributed by atoms with van der Waals surface area (Å²) in [7, 11) is -5.67. The molecule has 0 aliphatic carbocycles. The first-order valence-electron chi connectivity index (χ1n) is 14.4. The van der Waals surface area contributed by atoms with Crippen LogP contribution < -0.4 is 10.2 Å². The van der Waals surface area contributed by atoms with Gasteiger partial charge in [-0.2, -0.15) is 17.5 Å². The number of carbonyl (C=O) groups is 2. The van der Waals surface area contributed by atoms with Gasteiger partial charge in [0.15, 0.2) is 19.8 Å². The highest BCUT2D eigenvalue weighted by Crippen LogP contribution is 2.38. The third kappa shape index (κ3) is 8.85. The quantitative estimate of drug-likeness (QED) is 0.246. The minimum absolute atomic E-state index is 0.0322. The molecule has 1 N–H and O–H groups in total. The molecule has 1 aliphatic heterocycles. The van der Waals surface area contributed by atoms with E-state index in [0.717, 1.165) is 6.92 Å². The Balaban J connectivity index is 1.95. The third-order valence-electron chi connectivity index (χ3n) is 8.13. The van der Waals surface area contributed by atoms with E-state index in [4.69, 9.17) is 4.43 Å². The Morgan fingerprint density at radius 3 is 2.38 bits per heavy atom. The van der Waals surface area contributed by atoms with E-state index in [0.29, 0.717) is 0 Å². The first-order valence-corrected chi connectivity index (χ1v) is 19.2. The van der Waals surface area contributed by atoms with Gasteiger partial charge < -0.3 is 14.6 Å². The van der Waals surface area contributed by atoms with Crippen LogP contribution in [0.5, 0.6) is 0 Å². The molecule has 9 nitrogen and oxygen atoms in total. The van der Waals surface area contributed by atoms with Crippen LogP contribution in [0.2, 0.25) is 18.1 Å². The first kappa shape index (κ1) is 36.5. The van der Waals surface area contributed by atoms with Crippen molar-refractivity contribution in [1.82, 2.24) is 10.2 Å². The van der Waals surface area contributed by atoms with Crippen molar-refractivity contribution in [3.8, 4) is 0 Å². The Morgan fingerprint density at radius 2 is 1.78 bits per heavy atom. The summed E-state index contributed by atoms with van der Waals surface area (Å²) in [6.07, 6.45) is -5.56. The third-order valence-corrected chi connectivity index (χ3v) is 14.3. The van der Waals surface area contributed by atoms with Crippen LogP contribution in [0.3, 0.4) is 0 Å². The predicted molar refractivity (Wildman–Crippen MR) is 165 cm³/mol. The van der Waals surface area contributed by atoms with E-state index in [1.165, 1.54) is 35.4 Å². The van der Waals surface area contributed by atoms with Crippen molar-refractivity contribution >= 4 is 41.4 Å². The van der Waals surface area contributed by atoms with Gasteiger partial charge in [0.05, 0.1) is 15.3 Å². The maximum atomic E-state index is 14.0. The van der Waals surface area contributed by atoms with Crippen LogP contribution >= 0.6 is 0 Å². The number of benzene rings is 1. The molecule has 1 aliphatic rings. The highest BCUT2D eigenvalue weighted by molar-refractivity contribution is 7.93. The van der Waals surface area contributed by atoms with E-state index in [1.54, 1.807) is 6.92 Å². The molecule has 1 saturated heterocycles. The second kappa shape index (κ2) is 13.0. The van der Waals surface area contributed by atoms with Gasteiger partial charge in [-0.25, -0.2) is 13.0 Å². The molecule has 2 atom stereocenters. The Bertz CT molecular complexity index is 1570. The number of amides is 2. The number of anilines is 2. The standard InChI is InChI=1S/C29H40F5N5O4SSi/c1-18-22(24(37-36-23(18)29(32,33)34)39-15-10-13-28(30,31)14-16-39)26(41)35-20-11-9-12-21(17-20)44(6,42)38-25(40)19(2)43-45(7,8)27(3,4)5/h9,11-12,17,19H,10,13-16H2,1-8H3,(H,35,41). The van der Waals surface area contributed by atoms with E-state index in [-0.39, 0.29) is 40.9 Å². The molecule has 45 heavy (non-hydrogen) atoms. The topological polar surface area (TPSA) is 114 Å². The van der Waals surface area contributed by atoms with Gasteiger partial charge in [-0.1, -0.05) is 26.8 Å². The molecule has 250 valence electrons. The average molecular weight is 678 g/mol. The fourth-order valence-electron chi connectivity index (χ4n) is 4.52. The lowest BCUT2D eigenvalue weighted by Crippen LogP contribution is -2.45. The lowest BCUT2D eigenvalue weighted by Gasteiger charge is -2.37. The smallest absolute Gasteiger partial charge is 0.405 e. The number of alkyl halides is 5. The molecule has 1 fully saturated rings. The Labute approximate surface area is 261 Å². The maximum absolute atomic E-state index is 14.0. The van der Waals surface area contributed by atoms with Gasteiger partial charge in [-0.3, -0.25) is 9.59 Å². The van der Waals surface area contributed by atoms with E-state index >= 15 is 0 Å². The minimum atomic E-state index is -4.93. The van der Waals surface area contributed by atoms with Gasteiger partial charge >= 0.3 is 6.18 Å². The molecule has 3 rings (SSSR count). The van der Waals surface area contributed by atoms with Gasteiger partial charge in [0.25, 0.3) is 11.8 Å². The van der Waals surface area contributed by atoms with Crippen molar-refractivity contribution in [3.63, 3.8) is 0 Å². The number of nitrogens with one attached hydrogen (secondary N) is 1. The monoisotopic (exact) mass is 677 g/mol. The molecule has 1 aromatic heterocycles. The van der Waals surface area contributed by atoms with Crippen molar-refractivity contribution in [2.75, 3.05) is 29.6 Å². The first-order chi connectivity index (χ1) is 20.4. The molecule has 0 spiro atoms. The Morgan fingerprint density at radius 1 is 1.13 bits per heavy atom. The molecule has 0 bridgehead atoms. The Kier molecular flexibility index (Phi) is 10.6. The molecule has 2 amide bonds. The number of carbonyl (C=O) groups excluding carboxylic acids is 2. The molecule has 2 unspecified atom stereocenters. The molecular weight excluding hydrogens is 637 g/mol. The second-order valence-electron chi connectivity index (χ2n) is 12.8. The molecule has 0 radical (unpaired) electrons. The van der Waals surface area contributed by atoms with E-state index in [2.05, 4.69) is 19.9 Å². The van der Waals surface area contributed by atoms with Gasteiger partial charge in [-0.05, 0) is 62.2 Å². The zero-order valence-corrected chi connectivity index (χ0v) is 28.5. The average Bonchev–Trinajstić information content (AvgIpc) is 3.06. The van der Waals surface area contributed by atoms with Crippen molar-refractivity contribution in [2.45, 2.75) is 95.1 Å². The predicted octanol–water partition coefficient (Wildman–Crippen LogP) is 7.08. The maximum Gasteiger partial charge on any atom is 0.435 e. The van der Waals surface area contributed by atoms with Crippen LogP contribution in [0.1, 0.15) is 68.6 Å². The summed E-state index contributed by atoms with van der Waals surface area (Å²) in [5.41, 5.74) is -2.32. The van der Waals surface area contributed by atoms with Crippen LogP contribution in [0.4, 0.5) is 33.5 Å². The van der Waals surface area contributed by atoms with Crippen molar-refractivity contribution in [3.05, 3.63) is 41.1 Å². The van der Waals surface area contributed by atoms with E-state index in [9.17, 15) is 35.8 Å². The van der Waals surface area contributed by atoms with Crippen molar-refractivity contribution in [2.24, 2.45) is 4.36 Å². The van der Waals surface area contributed by atoms with Crippen LogP contribution in [-0.2, 0) is 25.1 Å². The summed E-state index contributed by atoms with van der Waals surface area (Å²) < 4.78 is 92.8. The summed E-state index contributed by atoms with van der Waals surface area (Å²) in [6.45, 7) is 12.4. The lowest BCUT2D eigenvalue weighted by atomic mass is 10.1. The fraction of sp³-hybridized carbons (Fsp3) is 0.586. The highest BCUT2D eigenvalue weighted by atomic mass is 32.2. The van der Waals surface area contributed by atoms with Crippen LogP contribution in [-0.4, -0.2) is 65.9 Å². The number of hydrogen-bond donors (Lipinski definition) is 1. The molecule has 2 heterocycles. The van der Waals surface area contributed by atoms with Crippen molar-refractivity contribution < 1.29 is 40.2 Å². The molecule has 2 aromatic rings. The van der Waals surface area contributed by atoms with Gasteiger partial charge in [0.2, 0.25) is 5.92 Å². The zero-order chi connectivity index (χ0) is 34.2. The molecular formula is C29H40F5N5O4SSi. The van der Waals surface area contributed by atoms with Crippen molar-refractivity contribution in [1.29, 1.82) is 0 Å². The van der Waals surface area contributed by atoms with Gasteiger partial charge in [0, 0.05) is 42.8 Å². The SMILES string of the molecule is Cc1c(C(F)(F)F)nnc(N2CCCC(F)(F)CC2)c1C(=O)Nc1cccc(S(C)(=O)=NC(=O)C(C)O[Si](C)(C)C(C)(C)C)c1. The number of hydrogen-bond acceptors (Lipinski definition) is 7. The van der Waals surface area contributed by atoms with E-state index in [1.807, 2.05) is 33.9 Å². The number of aromatic nitrogens is 2. The Hall–Kier alpha value is -2.98. The normalized spacial score (nSPS) is 18.0. The fourth-order valence-corrected chi connectivity index (χ4v) is 7.13. The minimum Gasteiger partial charge on any atom is -0.405 e. The summed E-state index contributed by atoms with van der Waals surface area (Å²) >= 11 is 0. The molecule has 0 saturated carbocycles. The summed E-state index contributed by atoms with van der Waals surface area (Å²) in [4.78, 5) is 27.9. The van der Waals surface area contributed by atoms with Gasteiger partial charge in [-0.15, -0.1) is 10.2 Å². The summed E-state index contributed by atoms with van der Waals surface area (Å²) in [6, 6.07) is 5.61.